The molecule has 2 aromatic heterocycles. The maximum atomic E-state index is 11.9. The third-order valence-corrected chi connectivity index (χ3v) is 12.7. The molecule has 0 aliphatic carbocycles. The van der Waals surface area contributed by atoms with Crippen LogP contribution in [-0.4, -0.2) is 41.5 Å². The van der Waals surface area contributed by atoms with Crippen molar-refractivity contribution in [2.75, 3.05) is 0 Å². The highest BCUT2D eigenvalue weighted by Crippen LogP contribution is 2.62. The van der Waals surface area contributed by atoms with Crippen molar-refractivity contribution >= 4 is 77.9 Å². The number of allylic oxidation sites excluding steroid dienone is 4. The van der Waals surface area contributed by atoms with Gasteiger partial charge in [0.2, 0.25) is 0 Å². The van der Waals surface area contributed by atoms with Crippen LogP contribution in [0.5, 0.6) is 0 Å². The van der Waals surface area contributed by atoms with Crippen LogP contribution in [0.3, 0.4) is 0 Å². The van der Waals surface area contributed by atoms with Crippen molar-refractivity contribution in [1.82, 2.24) is 7.94 Å². The molecule has 0 atom stereocenters. The zero-order valence-electron chi connectivity index (χ0n) is 26.2. The van der Waals surface area contributed by atoms with E-state index in [-0.39, 0.29) is 19.3 Å². The smallest absolute Gasteiger partial charge is 0.303 e. The molecule has 0 amide bonds. The highest BCUT2D eigenvalue weighted by atomic mass is 36.0. The summed E-state index contributed by atoms with van der Waals surface area (Å²) >= 11 is 0. The van der Waals surface area contributed by atoms with Gasteiger partial charge in [0.05, 0.1) is 53.7 Å². The van der Waals surface area contributed by atoms with Crippen LogP contribution in [0.15, 0.2) is 43.7 Å². The molecule has 0 fully saturated rings. The summed E-state index contributed by atoms with van der Waals surface area (Å²) < 4.78 is 3.99. The molecule has 6 heterocycles. The molecule has 4 aliphatic rings. The first kappa shape index (κ1) is 31.5. The van der Waals surface area contributed by atoms with Crippen LogP contribution in [0.1, 0.15) is 87.0 Å². The Balaban J connectivity index is 1.86. The average Bonchev–Trinajstić information content (AvgIpc) is 3.61. The number of nitrogens with zero attached hydrogens (tertiary/aromatic N) is 4. The Labute approximate surface area is 272 Å². The van der Waals surface area contributed by atoms with E-state index in [2.05, 4.69) is 33.8 Å². The molecule has 4 aliphatic heterocycles. The summed E-state index contributed by atoms with van der Waals surface area (Å²) in [6, 6.07) is 0. The van der Waals surface area contributed by atoms with Gasteiger partial charge in [-0.2, -0.15) is 0 Å². The van der Waals surface area contributed by atoms with Crippen molar-refractivity contribution in [3.05, 3.63) is 78.0 Å². The van der Waals surface area contributed by atoms with E-state index in [1.54, 1.807) is 0 Å². The van der Waals surface area contributed by atoms with E-state index in [1.165, 1.54) is 0 Å². The first-order valence-electron chi connectivity index (χ1n) is 15.2. The molecule has 0 spiro atoms. The molecule has 0 saturated carbocycles. The van der Waals surface area contributed by atoms with Crippen LogP contribution in [0.25, 0.3) is 24.3 Å². The van der Waals surface area contributed by atoms with E-state index in [0.29, 0.717) is 17.8 Å². The van der Waals surface area contributed by atoms with Gasteiger partial charge in [0.25, 0.3) is 0 Å². The largest absolute Gasteiger partial charge is 0.481 e. The molecule has 8 nitrogen and oxygen atoms in total. The normalized spacial score (nSPS) is 18.5. The number of fused-ring (bicyclic) bond motifs is 2. The minimum absolute atomic E-state index is 0.0453. The molecule has 6 bridgehead atoms. The van der Waals surface area contributed by atoms with E-state index < -0.39 is 20.8 Å². The number of carboxylic acids is 2. The summed E-state index contributed by atoms with van der Waals surface area (Å²) in [7, 11) is 12.6. The van der Waals surface area contributed by atoms with Crippen LogP contribution >= 0.6 is 30.2 Å². The fraction of sp³-hybridized carbons (Fsp3) is 0.353. The van der Waals surface area contributed by atoms with Gasteiger partial charge in [0.15, 0.2) is 0 Å². The molecular weight excluding hydrogens is 631 g/mol. The number of carboxylic acid groups (broad SMARTS) is 2. The van der Waals surface area contributed by atoms with Gasteiger partial charge in [0.1, 0.15) is 0 Å². The van der Waals surface area contributed by atoms with Gasteiger partial charge in [-0.1, -0.05) is 13.8 Å². The van der Waals surface area contributed by atoms with Crippen LogP contribution in [0.2, 0.25) is 0 Å². The number of carbonyl (C=O) groups is 2. The number of aliphatic carboxylic acids is 2. The molecule has 0 aromatic carbocycles. The summed E-state index contributed by atoms with van der Waals surface area (Å²) in [5, 5.41) is 21.0. The topological polar surface area (TPSA) is 109 Å². The standard InChI is InChI=1S/C34H36Cl2N4O4S/c1-7-21-17(3)26-14-31-22(8-2)19(5)29-13-25-18(4)23(9-11-33(41)42)28(38-25)16-32-24(10-12-34(43)44)20(6)30(15-27(21)37-26)40(32)45(35,36)39(29)31/h13-16H,7-12H2,1-6H3,(H,41,42)(H,43,44). The molecule has 0 unspecified atom stereocenters. The zero-order chi connectivity index (χ0) is 32.5. The quantitative estimate of drug-likeness (QED) is 0.319. The lowest BCUT2D eigenvalue weighted by molar-refractivity contribution is -0.138. The highest BCUT2D eigenvalue weighted by Gasteiger charge is 2.37. The van der Waals surface area contributed by atoms with Crippen molar-refractivity contribution < 1.29 is 19.8 Å². The SMILES string of the molecule is CCC1=C(C)C2=NC1=Cc1c(C)c(CCC(=O)O)c3n1S(Cl)(Cl)n1c(c(C)c(CC)c1=C2)=CC1=NC(=C3)C(CCC(=O)O)=C1C. The van der Waals surface area contributed by atoms with Crippen LogP contribution in [0, 0.1) is 13.8 Å². The van der Waals surface area contributed by atoms with Gasteiger partial charge in [-0.05, 0) is 144 Å². The predicted molar refractivity (Wildman–Crippen MR) is 185 cm³/mol. The average molecular weight is 668 g/mol. The molecule has 45 heavy (non-hydrogen) atoms. The first-order chi connectivity index (χ1) is 21.3. The molecular formula is C34H36Cl2N4O4S. The Morgan fingerprint density at radius 3 is 1.87 bits per heavy atom. The number of hydrogen-bond acceptors (Lipinski definition) is 4. The van der Waals surface area contributed by atoms with Gasteiger partial charge in [-0.15, -0.1) is 0 Å². The maximum Gasteiger partial charge on any atom is 0.303 e. The Kier molecular flexibility index (Phi) is 7.95. The van der Waals surface area contributed by atoms with E-state index in [1.807, 2.05) is 40.0 Å². The molecule has 0 radical (unpaired) electrons. The van der Waals surface area contributed by atoms with E-state index >= 15 is 0 Å². The number of aliphatic imine (C=N–C) groups is 2. The van der Waals surface area contributed by atoms with Crippen molar-refractivity contribution in [3.8, 4) is 0 Å². The van der Waals surface area contributed by atoms with Gasteiger partial charge in [0, 0.05) is 12.8 Å². The molecule has 0 saturated heterocycles. The Morgan fingerprint density at radius 2 is 1.27 bits per heavy atom. The molecule has 6 rings (SSSR count). The second-order valence-electron chi connectivity index (χ2n) is 11.8. The predicted octanol–water partition coefficient (Wildman–Crippen LogP) is 6.91. The summed E-state index contributed by atoms with van der Waals surface area (Å²) in [6.07, 6.45) is 10.0. The molecule has 2 aromatic rings. The summed E-state index contributed by atoms with van der Waals surface area (Å²) in [5.41, 5.74) is 12.3. The lowest BCUT2D eigenvalue weighted by atomic mass is 9.98. The zero-order valence-corrected chi connectivity index (χ0v) is 28.5. The fourth-order valence-corrected chi connectivity index (χ4v) is 10.6. The van der Waals surface area contributed by atoms with Crippen LogP contribution < -0.4 is 10.7 Å². The van der Waals surface area contributed by atoms with Gasteiger partial charge in [-0.25, -0.2) is 9.98 Å². The maximum absolute atomic E-state index is 11.9. The Hall–Kier alpha value is -3.53. The minimum atomic E-state index is -2.92. The van der Waals surface area contributed by atoms with E-state index in [0.717, 1.165) is 90.9 Å². The third kappa shape index (κ3) is 4.91. The number of hydrogen-bond donors (Lipinski definition) is 2. The minimum Gasteiger partial charge on any atom is -0.481 e. The monoisotopic (exact) mass is 666 g/mol. The Morgan fingerprint density at radius 1 is 0.711 bits per heavy atom. The molecule has 236 valence electrons. The third-order valence-electron chi connectivity index (χ3n) is 9.36. The fourth-order valence-electron chi connectivity index (χ4n) is 6.96. The van der Waals surface area contributed by atoms with Gasteiger partial charge < -0.3 is 10.2 Å². The van der Waals surface area contributed by atoms with Crippen LogP contribution in [0.4, 0.5) is 0 Å². The second kappa shape index (κ2) is 11.4. The van der Waals surface area contributed by atoms with Crippen LogP contribution in [-0.2, 0) is 22.4 Å². The van der Waals surface area contributed by atoms with Crippen molar-refractivity contribution in [2.24, 2.45) is 9.98 Å². The lowest BCUT2D eigenvalue weighted by Gasteiger charge is -2.33. The van der Waals surface area contributed by atoms with Crippen molar-refractivity contribution in [2.45, 2.75) is 80.1 Å². The van der Waals surface area contributed by atoms with E-state index in [4.69, 9.17) is 31.3 Å². The summed E-state index contributed by atoms with van der Waals surface area (Å²) in [6.45, 7) is 12.4. The van der Waals surface area contributed by atoms with Crippen molar-refractivity contribution in [3.63, 3.8) is 0 Å². The lowest BCUT2D eigenvalue weighted by Crippen LogP contribution is -2.33. The first-order valence-corrected chi connectivity index (χ1v) is 18.4. The Bertz CT molecular complexity index is 2050. The summed E-state index contributed by atoms with van der Waals surface area (Å²) in [4.78, 5) is 33.7. The van der Waals surface area contributed by atoms with E-state index in [9.17, 15) is 19.8 Å². The van der Waals surface area contributed by atoms with Gasteiger partial charge >= 0.3 is 11.9 Å². The number of aromatic nitrogens is 2. The molecule has 2 N–H and O–H groups in total. The number of rotatable bonds is 8. The number of halogens is 2. The van der Waals surface area contributed by atoms with Gasteiger partial charge in [-0.3, -0.25) is 17.5 Å². The highest BCUT2D eigenvalue weighted by molar-refractivity contribution is 8.64. The molecule has 11 heteroatoms. The van der Waals surface area contributed by atoms with Crippen molar-refractivity contribution in [1.29, 1.82) is 0 Å². The second-order valence-corrected chi connectivity index (χ2v) is 16.4. The summed E-state index contributed by atoms with van der Waals surface area (Å²) in [5.74, 6) is -1.80.